The van der Waals surface area contributed by atoms with Crippen molar-refractivity contribution >= 4 is 16.0 Å². The quantitative estimate of drug-likeness (QED) is 0.927. The van der Waals surface area contributed by atoms with Crippen LogP contribution in [0, 0.1) is 5.92 Å². The lowest BCUT2D eigenvalue weighted by Crippen LogP contribution is -2.39. The number of carbonyl (C=O) groups is 1. The van der Waals surface area contributed by atoms with Crippen molar-refractivity contribution in [2.45, 2.75) is 43.5 Å². The van der Waals surface area contributed by atoms with Crippen LogP contribution in [0.25, 0.3) is 0 Å². The van der Waals surface area contributed by atoms with Gasteiger partial charge in [0.05, 0.1) is 10.5 Å². The van der Waals surface area contributed by atoms with Gasteiger partial charge < -0.3 is 5.11 Å². The minimum absolute atomic E-state index is 0.0327. The smallest absolute Gasteiger partial charge is 0.335 e. The molecule has 116 valence electrons. The van der Waals surface area contributed by atoms with Gasteiger partial charge in [0.1, 0.15) is 0 Å². The number of hydrogen-bond donors (Lipinski definition) is 1. The van der Waals surface area contributed by atoms with Gasteiger partial charge in [0, 0.05) is 13.1 Å². The highest BCUT2D eigenvalue weighted by Crippen LogP contribution is 2.29. The van der Waals surface area contributed by atoms with E-state index in [2.05, 4.69) is 6.92 Å². The second-order valence-corrected chi connectivity index (χ2v) is 7.76. The molecule has 1 aromatic rings. The third-order valence-electron chi connectivity index (χ3n) is 4.28. The van der Waals surface area contributed by atoms with Crippen molar-refractivity contribution < 1.29 is 18.3 Å². The highest BCUT2D eigenvalue weighted by atomic mass is 32.2. The zero-order valence-corrected chi connectivity index (χ0v) is 13.1. The first-order valence-electron chi connectivity index (χ1n) is 7.13. The van der Waals surface area contributed by atoms with Gasteiger partial charge >= 0.3 is 5.97 Å². The van der Waals surface area contributed by atoms with Crippen molar-refractivity contribution in [3.63, 3.8) is 0 Å². The first-order chi connectivity index (χ1) is 9.82. The van der Waals surface area contributed by atoms with Crippen LogP contribution in [-0.4, -0.2) is 36.9 Å². The number of rotatable bonds is 4. The number of carboxylic acids is 1. The predicted molar refractivity (Wildman–Crippen MR) is 79.8 cm³/mol. The second-order valence-electron chi connectivity index (χ2n) is 5.76. The van der Waals surface area contributed by atoms with Crippen LogP contribution in [0.2, 0.25) is 0 Å². The lowest BCUT2D eigenvalue weighted by molar-refractivity contribution is 0.0696. The molecule has 1 aromatic carbocycles. The molecular weight excluding hydrogens is 290 g/mol. The van der Waals surface area contributed by atoms with Crippen molar-refractivity contribution in [3.8, 4) is 0 Å². The molecule has 1 N–H and O–H groups in total. The topological polar surface area (TPSA) is 74.7 Å². The monoisotopic (exact) mass is 311 g/mol. The normalized spacial score (nSPS) is 23.2. The maximum Gasteiger partial charge on any atom is 0.335 e. The molecule has 0 aliphatic heterocycles. The number of aromatic carboxylic acids is 1. The van der Waals surface area contributed by atoms with Crippen LogP contribution < -0.4 is 0 Å². The van der Waals surface area contributed by atoms with Crippen molar-refractivity contribution in [1.82, 2.24) is 4.31 Å². The molecule has 0 heterocycles. The maximum absolute atomic E-state index is 12.6. The summed E-state index contributed by atoms with van der Waals surface area (Å²) in [6.45, 7) is 2.19. The van der Waals surface area contributed by atoms with E-state index in [4.69, 9.17) is 5.11 Å². The standard InChI is InChI=1S/C15H21NO4S/c1-11-3-7-13(8-4-11)16(2)21(19,20)14-9-5-12(6-10-14)15(17)18/h5-6,9-11,13H,3-4,7-8H2,1-2H3,(H,17,18). The van der Waals surface area contributed by atoms with Gasteiger partial charge in [-0.2, -0.15) is 4.31 Å². The largest absolute Gasteiger partial charge is 0.478 e. The van der Waals surface area contributed by atoms with Gasteiger partial charge in [0.15, 0.2) is 0 Å². The zero-order valence-electron chi connectivity index (χ0n) is 12.3. The molecule has 0 amide bonds. The third kappa shape index (κ3) is 3.44. The molecule has 0 bridgehead atoms. The van der Waals surface area contributed by atoms with Crippen LogP contribution in [0.15, 0.2) is 29.2 Å². The van der Waals surface area contributed by atoms with Gasteiger partial charge in [-0.1, -0.05) is 6.92 Å². The van der Waals surface area contributed by atoms with Crippen LogP contribution in [-0.2, 0) is 10.0 Å². The predicted octanol–water partition coefficient (Wildman–Crippen LogP) is 2.58. The Balaban J connectivity index is 2.18. The summed E-state index contributed by atoms with van der Waals surface area (Å²) in [4.78, 5) is 11.0. The van der Waals surface area contributed by atoms with E-state index < -0.39 is 16.0 Å². The van der Waals surface area contributed by atoms with Gasteiger partial charge in [0.25, 0.3) is 0 Å². The van der Waals surface area contributed by atoms with E-state index in [1.165, 1.54) is 28.6 Å². The molecule has 6 heteroatoms. The van der Waals surface area contributed by atoms with Crippen LogP contribution in [0.1, 0.15) is 43.0 Å². The summed E-state index contributed by atoms with van der Waals surface area (Å²) < 4.78 is 26.6. The molecule has 21 heavy (non-hydrogen) atoms. The molecule has 1 aliphatic rings. The average molecular weight is 311 g/mol. The van der Waals surface area contributed by atoms with E-state index in [0.29, 0.717) is 5.92 Å². The Morgan fingerprint density at radius 2 is 1.67 bits per heavy atom. The fourth-order valence-corrected chi connectivity index (χ4v) is 4.15. The summed E-state index contributed by atoms with van der Waals surface area (Å²) in [5.74, 6) is -0.402. The molecule has 0 atom stereocenters. The van der Waals surface area contributed by atoms with Gasteiger partial charge in [-0.05, 0) is 55.9 Å². The first kappa shape index (κ1) is 16.0. The molecule has 1 aliphatic carbocycles. The number of benzene rings is 1. The van der Waals surface area contributed by atoms with E-state index in [0.717, 1.165) is 25.7 Å². The third-order valence-corrected chi connectivity index (χ3v) is 6.20. The Morgan fingerprint density at radius 1 is 1.14 bits per heavy atom. The summed E-state index contributed by atoms with van der Waals surface area (Å²) in [5, 5.41) is 8.86. The van der Waals surface area contributed by atoms with E-state index in [9.17, 15) is 13.2 Å². The van der Waals surface area contributed by atoms with E-state index >= 15 is 0 Å². The van der Waals surface area contributed by atoms with Crippen molar-refractivity contribution in [1.29, 1.82) is 0 Å². The highest BCUT2D eigenvalue weighted by Gasteiger charge is 2.30. The molecule has 0 aromatic heterocycles. The lowest BCUT2D eigenvalue weighted by Gasteiger charge is -2.32. The highest BCUT2D eigenvalue weighted by molar-refractivity contribution is 7.89. The molecule has 5 nitrogen and oxygen atoms in total. The molecule has 0 unspecified atom stereocenters. The number of hydrogen-bond acceptors (Lipinski definition) is 3. The minimum atomic E-state index is -3.56. The molecule has 0 spiro atoms. The van der Waals surface area contributed by atoms with Crippen molar-refractivity contribution in [2.24, 2.45) is 5.92 Å². The second kappa shape index (κ2) is 6.15. The van der Waals surface area contributed by atoms with E-state index in [1.807, 2.05) is 0 Å². The summed E-state index contributed by atoms with van der Waals surface area (Å²) >= 11 is 0. The fraction of sp³-hybridized carbons (Fsp3) is 0.533. The SMILES string of the molecule is CC1CCC(N(C)S(=O)(=O)c2ccc(C(=O)O)cc2)CC1. The van der Waals surface area contributed by atoms with Crippen LogP contribution in [0.4, 0.5) is 0 Å². The average Bonchev–Trinajstić information content (AvgIpc) is 2.47. The minimum Gasteiger partial charge on any atom is -0.478 e. The van der Waals surface area contributed by atoms with Crippen molar-refractivity contribution in [2.75, 3.05) is 7.05 Å². The lowest BCUT2D eigenvalue weighted by atomic mass is 9.87. The number of nitrogens with zero attached hydrogens (tertiary/aromatic N) is 1. The molecule has 0 saturated heterocycles. The Kier molecular flexibility index (Phi) is 4.68. The van der Waals surface area contributed by atoms with Crippen LogP contribution in [0.5, 0.6) is 0 Å². The molecule has 0 radical (unpaired) electrons. The number of carboxylic acid groups (broad SMARTS) is 1. The Bertz CT molecular complexity index is 601. The zero-order chi connectivity index (χ0) is 15.6. The Hall–Kier alpha value is -1.40. The summed E-state index contributed by atoms with van der Waals surface area (Å²) in [5.41, 5.74) is 0.0862. The van der Waals surface area contributed by atoms with Crippen molar-refractivity contribution in [3.05, 3.63) is 29.8 Å². The fourth-order valence-electron chi connectivity index (χ4n) is 2.74. The molecular formula is C15H21NO4S. The summed E-state index contributed by atoms with van der Waals surface area (Å²) in [7, 11) is -1.95. The Labute approximate surface area is 125 Å². The number of sulfonamides is 1. The summed E-state index contributed by atoms with van der Waals surface area (Å²) in [6, 6.07) is 5.41. The molecule has 1 fully saturated rings. The van der Waals surface area contributed by atoms with Crippen LogP contribution in [0.3, 0.4) is 0 Å². The first-order valence-corrected chi connectivity index (χ1v) is 8.57. The van der Waals surface area contributed by atoms with Gasteiger partial charge in [-0.25, -0.2) is 13.2 Å². The molecule has 1 saturated carbocycles. The van der Waals surface area contributed by atoms with Gasteiger partial charge in [-0.15, -0.1) is 0 Å². The van der Waals surface area contributed by atoms with E-state index in [1.54, 1.807) is 7.05 Å². The van der Waals surface area contributed by atoms with Gasteiger partial charge in [0.2, 0.25) is 10.0 Å². The van der Waals surface area contributed by atoms with Gasteiger partial charge in [-0.3, -0.25) is 0 Å². The Morgan fingerprint density at radius 3 is 2.14 bits per heavy atom. The molecule has 2 rings (SSSR count). The van der Waals surface area contributed by atoms with E-state index in [-0.39, 0.29) is 16.5 Å². The van der Waals surface area contributed by atoms with Crippen LogP contribution >= 0.6 is 0 Å². The maximum atomic E-state index is 12.6. The summed E-state index contributed by atoms with van der Waals surface area (Å²) in [6.07, 6.45) is 3.85.